The van der Waals surface area contributed by atoms with Crippen molar-refractivity contribution in [1.29, 1.82) is 0 Å². The van der Waals surface area contributed by atoms with Crippen LogP contribution in [0.15, 0.2) is 83.8 Å². The van der Waals surface area contributed by atoms with Crippen molar-refractivity contribution in [2.24, 2.45) is 0 Å². The summed E-state index contributed by atoms with van der Waals surface area (Å²) >= 11 is 13.7. The summed E-state index contributed by atoms with van der Waals surface area (Å²) in [5.74, 6) is -0.187. The summed E-state index contributed by atoms with van der Waals surface area (Å²) in [6, 6.07) is 23.1. The van der Waals surface area contributed by atoms with Crippen molar-refractivity contribution in [3.63, 3.8) is 0 Å². The maximum Gasteiger partial charge on any atom is 0.293 e. The summed E-state index contributed by atoms with van der Waals surface area (Å²) in [6.45, 7) is 0.187. The molecule has 0 spiro atoms. The average molecular weight is 565 g/mol. The summed E-state index contributed by atoms with van der Waals surface area (Å²) in [6.07, 6.45) is 1.53. The van der Waals surface area contributed by atoms with E-state index < -0.39 is 16.1 Å². The molecule has 1 fully saturated rings. The molecular formula is C28H18Cl2N2O5S. The zero-order valence-electron chi connectivity index (χ0n) is 19.6. The second kappa shape index (κ2) is 10.9. The van der Waals surface area contributed by atoms with Gasteiger partial charge in [0.2, 0.25) is 0 Å². The summed E-state index contributed by atoms with van der Waals surface area (Å²) in [5, 5.41) is 13.3. The Kier molecular flexibility index (Phi) is 7.37. The van der Waals surface area contributed by atoms with Crippen molar-refractivity contribution >= 4 is 68.6 Å². The minimum absolute atomic E-state index is 0.0766. The third-order valence-electron chi connectivity index (χ3n) is 5.85. The molecule has 5 rings (SSSR count). The van der Waals surface area contributed by atoms with Gasteiger partial charge in [-0.15, -0.1) is 0 Å². The van der Waals surface area contributed by atoms with Crippen LogP contribution in [-0.2, 0) is 17.9 Å². The molecule has 0 aromatic heterocycles. The first-order valence-corrected chi connectivity index (χ1v) is 12.9. The molecule has 1 aliphatic rings. The molecule has 38 heavy (non-hydrogen) atoms. The van der Waals surface area contributed by atoms with Gasteiger partial charge in [0.05, 0.1) is 26.4 Å². The number of hydrogen-bond donors (Lipinski definition) is 0. The predicted molar refractivity (Wildman–Crippen MR) is 149 cm³/mol. The molecule has 4 aromatic carbocycles. The number of nitro benzene ring substituents is 1. The molecule has 10 heteroatoms. The van der Waals surface area contributed by atoms with Gasteiger partial charge in [-0.25, -0.2) is 0 Å². The van der Waals surface area contributed by atoms with E-state index in [1.807, 2.05) is 42.5 Å². The van der Waals surface area contributed by atoms with E-state index in [0.717, 1.165) is 33.0 Å². The van der Waals surface area contributed by atoms with Gasteiger partial charge in [-0.1, -0.05) is 71.7 Å². The molecule has 4 aromatic rings. The lowest BCUT2D eigenvalue weighted by Gasteiger charge is -2.12. The molecule has 7 nitrogen and oxygen atoms in total. The molecule has 1 heterocycles. The Bertz CT molecular complexity index is 1620. The summed E-state index contributed by atoms with van der Waals surface area (Å²) in [5.41, 5.74) is 1.84. The zero-order chi connectivity index (χ0) is 26.8. The maximum atomic E-state index is 12.9. The van der Waals surface area contributed by atoms with Gasteiger partial charge in [-0.05, 0) is 63.5 Å². The number of nitrogens with zero attached hydrogens (tertiary/aromatic N) is 2. The molecule has 190 valence electrons. The number of carbonyl (C=O) groups is 2. The number of nitro groups is 1. The Morgan fingerprint density at radius 2 is 1.63 bits per heavy atom. The highest BCUT2D eigenvalue weighted by Crippen LogP contribution is 2.38. The van der Waals surface area contributed by atoms with Crippen LogP contribution in [0.3, 0.4) is 0 Å². The van der Waals surface area contributed by atoms with Crippen LogP contribution in [0.2, 0.25) is 10.0 Å². The van der Waals surface area contributed by atoms with E-state index in [0.29, 0.717) is 16.9 Å². The quantitative estimate of drug-likeness (QED) is 0.129. The van der Waals surface area contributed by atoms with Crippen LogP contribution in [0.4, 0.5) is 10.5 Å². The van der Waals surface area contributed by atoms with Crippen molar-refractivity contribution in [1.82, 2.24) is 4.90 Å². The molecular weight excluding hydrogens is 547 g/mol. The first-order valence-electron chi connectivity index (χ1n) is 11.4. The monoisotopic (exact) mass is 564 g/mol. The van der Waals surface area contributed by atoms with Crippen LogP contribution >= 0.6 is 35.0 Å². The van der Waals surface area contributed by atoms with Crippen molar-refractivity contribution in [3.8, 4) is 5.75 Å². The molecule has 0 saturated carbocycles. The van der Waals surface area contributed by atoms with E-state index in [4.69, 9.17) is 27.9 Å². The average Bonchev–Trinajstić information content (AvgIpc) is 3.15. The van der Waals surface area contributed by atoms with E-state index in [2.05, 4.69) is 0 Å². The smallest absolute Gasteiger partial charge is 0.293 e. The molecule has 0 atom stereocenters. The Morgan fingerprint density at radius 1 is 0.895 bits per heavy atom. The molecule has 2 amide bonds. The second-order valence-corrected chi connectivity index (χ2v) is 10.3. The molecule has 0 unspecified atom stereocenters. The number of thioether (sulfide) groups is 1. The fraction of sp³-hybridized carbons (Fsp3) is 0.0714. The molecule has 1 saturated heterocycles. The first-order chi connectivity index (χ1) is 18.3. The summed E-state index contributed by atoms with van der Waals surface area (Å²) in [4.78, 5) is 37.2. The number of rotatable bonds is 7. The number of carbonyl (C=O) groups excluding carboxylic acids is 2. The third kappa shape index (κ3) is 5.52. The Hall–Kier alpha value is -3.85. The highest BCUT2D eigenvalue weighted by atomic mass is 35.5. The summed E-state index contributed by atoms with van der Waals surface area (Å²) < 4.78 is 5.91. The van der Waals surface area contributed by atoms with Crippen LogP contribution in [0.5, 0.6) is 5.75 Å². The number of amides is 2. The fourth-order valence-corrected chi connectivity index (χ4v) is 5.47. The third-order valence-corrected chi connectivity index (χ3v) is 7.32. The summed E-state index contributed by atoms with van der Waals surface area (Å²) in [7, 11) is 0. The SMILES string of the molecule is O=C1S/C(=C/c2cc(Cl)c(OCc3ccc4ccccc4c3)c(Cl)c2)C(=O)N1Cc1cccc([N+](=O)[O-])c1. The van der Waals surface area contributed by atoms with Crippen LogP contribution in [-0.4, -0.2) is 21.0 Å². The van der Waals surface area contributed by atoms with E-state index in [1.165, 1.54) is 24.3 Å². The largest absolute Gasteiger partial charge is 0.486 e. The molecule has 0 radical (unpaired) electrons. The van der Waals surface area contributed by atoms with Gasteiger partial charge < -0.3 is 4.74 Å². The minimum Gasteiger partial charge on any atom is -0.486 e. The van der Waals surface area contributed by atoms with E-state index >= 15 is 0 Å². The Morgan fingerprint density at radius 3 is 2.37 bits per heavy atom. The standard InChI is InChI=1S/C28H18Cl2N2O5S/c29-23-12-19(13-24(30)26(23)37-16-18-8-9-20-5-1-2-6-21(20)10-18)14-25-27(33)31(28(34)38-25)15-17-4-3-7-22(11-17)32(35)36/h1-14H,15-16H2/b25-14+. The Balaban J connectivity index is 1.31. The topological polar surface area (TPSA) is 89.8 Å². The van der Waals surface area contributed by atoms with E-state index in [9.17, 15) is 19.7 Å². The van der Waals surface area contributed by atoms with Crippen LogP contribution < -0.4 is 4.74 Å². The molecule has 0 N–H and O–H groups in total. The Labute approximate surface area is 231 Å². The highest BCUT2D eigenvalue weighted by molar-refractivity contribution is 8.18. The van der Waals surface area contributed by atoms with Crippen molar-refractivity contribution in [2.45, 2.75) is 13.2 Å². The number of halogens is 2. The van der Waals surface area contributed by atoms with Gasteiger partial charge in [0.15, 0.2) is 5.75 Å². The zero-order valence-corrected chi connectivity index (χ0v) is 21.9. The van der Waals surface area contributed by atoms with Crippen molar-refractivity contribution in [3.05, 3.63) is 121 Å². The van der Waals surface area contributed by atoms with Crippen LogP contribution in [0.1, 0.15) is 16.7 Å². The molecule has 1 aliphatic heterocycles. The molecule has 0 bridgehead atoms. The fourth-order valence-electron chi connectivity index (χ4n) is 4.02. The lowest BCUT2D eigenvalue weighted by Crippen LogP contribution is -2.27. The highest BCUT2D eigenvalue weighted by Gasteiger charge is 2.35. The van der Waals surface area contributed by atoms with Gasteiger partial charge >= 0.3 is 0 Å². The van der Waals surface area contributed by atoms with Gasteiger partial charge in [0, 0.05) is 12.1 Å². The number of benzene rings is 4. The van der Waals surface area contributed by atoms with Crippen LogP contribution in [0.25, 0.3) is 16.8 Å². The predicted octanol–water partition coefficient (Wildman–Crippen LogP) is 7.87. The van der Waals surface area contributed by atoms with Gasteiger partial charge in [-0.2, -0.15) is 0 Å². The first kappa shape index (κ1) is 25.8. The van der Waals surface area contributed by atoms with Crippen LogP contribution in [0, 0.1) is 10.1 Å². The van der Waals surface area contributed by atoms with Crippen molar-refractivity contribution in [2.75, 3.05) is 0 Å². The number of fused-ring (bicyclic) bond motifs is 1. The number of ether oxygens (including phenoxy) is 1. The maximum absolute atomic E-state index is 12.9. The van der Waals surface area contributed by atoms with E-state index in [1.54, 1.807) is 18.2 Å². The van der Waals surface area contributed by atoms with E-state index in [-0.39, 0.29) is 33.8 Å². The number of imide groups is 1. The normalized spacial score (nSPS) is 14.5. The number of hydrogen-bond acceptors (Lipinski definition) is 6. The van der Waals surface area contributed by atoms with Gasteiger partial charge in [0.1, 0.15) is 6.61 Å². The second-order valence-electron chi connectivity index (χ2n) is 8.48. The number of non-ortho nitro benzene ring substituents is 1. The lowest BCUT2D eigenvalue weighted by molar-refractivity contribution is -0.384. The lowest BCUT2D eigenvalue weighted by atomic mass is 10.1. The molecule has 0 aliphatic carbocycles. The minimum atomic E-state index is -0.528. The van der Waals surface area contributed by atoms with Gasteiger partial charge in [0.25, 0.3) is 16.8 Å². The van der Waals surface area contributed by atoms with Crippen molar-refractivity contribution < 1.29 is 19.2 Å². The van der Waals surface area contributed by atoms with Gasteiger partial charge in [-0.3, -0.25) is 24.6 Å².